The molecule has 8 heteroatoms. The minimum atomic E-state index is -0.590. The average Bonchev–Trinajstić information content (AvgIpc) is 2.98. The predicted octanol–water partition coefficient (Wildman–Crippen LogP) is 6.75. The summed E-state index contributed by atoms with van der Waals surface area (Å²) in [6.45, 7) is 7.95. The van der Waals surface area contributed by atoms with Gasteiger partial charge in [-0.1, -0.05) is 32.1 Å². The molecule has 0 spiro atoms. The highest BCUT2D eigenvalue weighted by molar-refractivity contribution is 5.93. The summed E-state index contributed by atoms with van der Waals surface area (Å²) in [7, 11) is 1.48. The number of carbonyl (C=O) groups excluding carboxylic acids is 3. The summed E-state index contributed by atoms with van der Waals surface area (Å²) in [6.07, 6.45) is 4.52. The first-order valence-electron chi connectivity index (χ1n) is 13.6. The standard InChI is InChI=1S/C33H36O8/c1-5-6-9-24-10-15-27(16-11-24)40-32(35)25-12-17-28(18-13-25)41-33(36)26-14-19-29(30(22-26)37-4)38-20-7-8-21-39-31(34)23(2)3/h10-19,22H,2,5-9,20-21H2,1,3-4H3. The van der Waals surface area contributed by atoms with Gasteiger partial charge in [0.1, 0.15) is 11.5 Å². The molecule has 0 aromatic heterocycles. The Morgan fingerprint density at radius 2 is 1.32 bits per heavy atom. The molecule has 3 aromatic carbocycles. The van der Waals surface area contributed by atoms with Crippen LogP contribution in [-0.2, 0) is 16.0 Å². The second-order valence-electron chi connectivity index (χ2n) is 9.39. The van der Waals surface area contributed by atoms with Crippen molar-refractivity contribution in [2.24, 2.45) is 0 Å². The van der Waals surface area contributed by atoms with Gasteiger partial charge in [-0.3, -0.25) is 0 Å². The number of ether oxygens (including phenoxy) is 5. The van der Waals surface area contributed by atoms with E-state index in [9.17, 15) is 14.4 Å². The third-order valence-corrected chi connectivity index (χ3v) is 6.03. The second kappa shape index (κ2) is 15.9. The molecule has 0 N–H and O–H groups in total. The van der Waals surface area contributed by atoms with Gasteiger partial charge in [-0.15, -0.1) is 0 Å². The van der Waals surface area contributed by atoms with Crippen LogP contribution < -0.4 is 18.9 Å². The number of carbonyl (C=O) groups is 3. The molecule has 41 heavy (non-hydrogen) atoms. The second-order valence-corrected chi connectivity index (χ2v) is 9.39. The SMILES string of the molecule is C=C(C)C(=O)OCCCCOc1ccc(C(=O)Oc2ccc(C(=O)Oc3ccc(CCCC)cc3)cc2)cc1OC. The van der Waals surface area contributed by atoms with Crippen LogP contribution in [0.25, 0.3) is 0 Å². The number of rotatable bonds is 15. The first-order valence-corrected chi connectivity index (χ1v) is 13.6. The molecular weight excluding hydrogens is 524 g/mol. The van der Waals surface area contributed by atoms with E-state index in [-0.39, 0.29) is 17.9 Å². The van der Waals surface area contributed by atoms with Crippen LogP contribution in [0.2, 0.25) is 0 Å². The Bertz CT molecular complexity index is 1330. The van der Waals surface area contributed by atoms with Crippen LogP contribution in [0.3, 0.4) is 0 Å². The summed E-state index contributed by atoms with van der Waals surface area (Å²) in [5, 5.41) is 0. The number of unbranched alkanes of at least 4 members (excludes halogenated alkanes) is 2. The minimum Gasteiger partial charge on any atom is -0.493 e. The fourth-order valence-electron chi connectivity index (χ4n) is 3.68. The van der Waals surface area contributed by atoms with Crippen molar-refractivity contribution in [1.29, 1.82) is 0 Å². The summed E-state index contributed by atoms with van der Waals surface area (Å²) in [5.74, 6) is 0.0958. The van der Waals surface area contributed by atoms with Crippen molar-refractivity contribution >= 4 is 17.9 Å². The van der Waals surface area contributed by atoms with Crippen molar-refractivity contribution in [3.05, 3.63) is 95.6 Å². The molecule has 3 aromatic rings. The molecule has 0 heterocycles. The van der Waals surface area contributed by atoms with Gasteiger partial charge in [-0.25, -0.2) is 14.4 Å². The van der Waals surface area contributed by atoms with E-state index in [0.29, 0.717) is 47.8 Å². The van der Waals surface area contributed by atoms with E-state index in [4.69, 9.17) is 23.7 Å². The van der Waals surface area contributed by atoms with Gasteiger partial charge < -0.3 is 23.7 Å². The molecule has 0 saturated heterocycles. The van der Waals surface area contributed by atoms with Gasteiger partial charge in [-0.05, 0) is 92.8 Å². The van der Waals surface area contributed by atoms with E-state index < -0.39 is 17.9 Å². The van der Waals surface area contributed by atoms with Crippen LogP contribution in [-0.4, -0.2) is 38.2 Å². The first kappa shape index (κ1) is 30.9. The van der Waals surface area contributed by atoms with E-state index in [2.05, 4.69) is 13.5 Å². The Morgan fingerprint density at radius 3 is 1.93 bits per heavy atom. The Hall–Kier alpha value is -4.59. The third kappa shape index (κ3) is 9.83. The number of hydrogen-bond donors (Lipinski definition) is 0. The number of esters is 3. The summed E-state index contributed by atoms with van der Waals surface area (Å²) >= 11 is 0. The zero-order valence-electron chi connectivity index (χ0n) is 23.8. The Kier molecular flexibility index (Phi) is 12.0. The molecule has 0 amide bonds. The highest BCUT2D eigenvalue weighted by Gasteiger charge is 2.15. The van der Waals surface area contributed by atoms with Gasteiger partial charge in [0.05, 0.1) is 31.5 Å². The quantitative estimate of drug-likeness (QED) is 0.0871. The molecule has 0 aliphatic carbocycles. The maximum absolute atomic E-state index is 12.7. The number of methoxy groups -OCH3 is 1. The van der Waals surface area contributed by atoms with Crippen molar-refractivity contribution in [3.8, 4) is 23.0 Å². The van der Waals surface area contributed by atoms with Crippen molar-refractivity contribution < 1.29 is 38.1 Å². The number of aryl methyl sites for hydroxylation is 1. The molecule has 0 unspecified atom stereocenters. The van der Waals surface area contributed by atoms with Crippen molar-refractivity contribution in [1.82, 2.24) is 0 Å². The Balaban J connectivity index is 1.49. The lowest BCUT2D eigenvalue weighted by Gasteiger charge is -2.12. The van der Waals surface area contributed by atoms with Crippen LogP contribution in [0.15, 0.2) is 78.9 Å². The summed E-state index contributed by atoms with van der Waals surface area (Å²) in [5.41, 5.74) is 2.17. The molecule has 0 aliphatic heterocycles. The molecule has 0 aliphatic rings. The summed E-state index contributed by atoms with van der Waals surface area (Å²) in [4.78, 5) is 36.6. The maximum atomic E-state index is 12.7. The van der Waals surface area contributed by atoms with Gasteiger partial charge >= 0.3 is 17.9 Å². The fourth-order valence-corrected chi connectivity index (χ4v) is 3.68. The number of benzene rings is 3. The molecule has 3 rings (SSSR count). The smallest absolute Gasteiger partial charge is 0.343 e. The summed E-state index contributed by atoms with van der Waals surface area (Å²) in [6, 6.07) is 18.4. The molecule has 0 atom stereocenters. The van der Waals surface area contributed by atoms with E-state index in [1.54, 1.807) is 31.2 Å². The van der Waals surface area contributed by atoms with Gasteiger partial charge in [0.2, 0.25) is 0 Å². The van der Waals surface area contributed by atoms with E-state index in [0.717, 1.165) is 19.3 Å². The monoisotopic (exact) mass is 560 g/mol. The zero-order valence-corrected chi connectivity index (χ0v) is 23.8. The Labute approximate surface area is 240 Å². The van der Waals surface area contributed by atoms with Gasteiger partial charge in [0, 0.05) is 5.57 Å². The molecule has 0 fully saturated rings. The van der Waals surface area contributed by atoms with E-state index in [1.165, 1.54) is 43.0 Å². The third-order valence-electron chi connectivity index (χ3n) is 6.03. The Morgan fingerprint density at radius 1 is 0.732 bits per heavy atom. The average molecular weight is 561 g/mol. The largest absolute Gasteiger partial charge is 0.493 e. The lowest BCUT2D eigenvalue weighted by molar-refractivity contribution is -0.139. The van der Waals surface area contributed by atoms with Crippen LogP contribution >= 0.6 is 0 Å². The molecule has 0 saturated carbocycles. The van der Waals surface area contributed by atoms with Crippen molar-refractivity contribution in [3.63, 3.8) is 0 Å². The number of hydrogen-bond acceptors (Lipinski definition) is 8. The van der Waals surface area contributed by atoms with Gasteiger partial charge in [0.15, 0.2) is 11.5 Å². The van der Waals surface area contributed by atoms with Crippen molar-refractivity contribution in [2.45, 2.75) is 46.0 Å². The topological polar surface area (TPSA) is 97.4 Å². The fraction of sp³-hybridized carbons (Fsp3) is 0.303. The van der Waals surface area contributed by atoms with Crippen LogP contribution in [0.5, 0.6) is 23.0 Å². The van der Waals surface area contributed by atoms with Crippen LogP contribution in [0.1, 0.15) is 65.8 Å². The first-order chi connectivity index (χ1) is 19.8. The molecular formula is C33H36O8. The molecule has 8 nitrogen and oxygen atoms in total. The predicted molar refractivity (Wildman–Crippen MR) is 155 cm³/mol. The molecule has 0 bridgehead atoms. The van der Waals surface area contributed by atoms with Crippen LogP contribution in [0.4, 0.5) is 0 Å². The van der Waals surface area contributed by atoms with E-state index in [1.807, 2.05) is 12.1 Å². The highest BCUT2D eigenvalue weighted by Crippen LogP contribution is 2.29. The van der Waals surface area contributed by atoms with E-state index >= 15 is 0 Å². The van der Waals surface area contributed by atoms with Gasteiger partial charge in [-0.2, -0.15) is 0 Å². The highest BCUT2D eigenvalue weighted by atomic mass is 16.5. The maximum Gasteiger partial charge on any atom is 0.343 e. The lowest BCUT2D eigenvalue weighted by atomic mass is 10.1. The molecule has 216 valence electrons. The zero-order chi connectivity index (χ0) is 29.6. The summed E-state index contributed by atoms with van der Waals surface area (Å²) < 4.78 is 27.1. The normalized spacial score (nSPS) is 10.4. The minimum absolute atomic E-state index is 0.270. The van der Waals surface area contributed by atoms with Crippen molar-refractivity contribution in [2.75, 3.05) is 20.3 Å². The molecule has 0 radical (unpaired) electrons. The van der Waals surface area contributed by atoms with Gasteiger partial charge in [0.25, 0.3) is 0 Å². The lowest BCUT2D eigenvalue weighted by Crippen LogP contribution is -2.11. The van der Waals surface area contributed by atoms with Crippen LogP contribution in [0, 0.1) is 0 Å².